The SMILES string of the molecule is C=CC1CCC(c2ccc(C3COC(C4CCC(CF)CC4)OC3)c(F)c2)CC1. The first-order chi connectivity index (χ1) is 14.2. The fourth-order valence-electron chi connectivity index (χ4n) is 5.40. The van der Waals surface area contributed by atoms with E-state index in [1.165, 1.54) is 0 Å². The van der Waals surface area contributed by atoms with Crippen molar-refractivity contribution in [1.29, 1.82) is 0 Å². The van der Waals surface area contributed by atoms with Crippen LogP contribution in [0.2, 0.25) is 0 Å². The molecular formula is C25H34F2O2. The molecule has 0 atom stereocenters. The maximum absolute atomic E-state index is 14.9. The minimum atomic E-state index is -0.216. The molecule has 2 nitrogen and oxygen atoms in total. The normalized spacial score (nSPS) is 35.9. The predicted octanol–water partition coefficient (Wildman–Crippen LogP) is 6.52. The van der Waals surface area contributed by atoms with Crippen molar-refractivity contribution in [2.24, 2.45) is 17.8 Å². The lowest BCUT2D eigenvalue weighted by molar-refractivity contribution is -0.218. The summed E-state index contributed by atoms with van der Waals surface area (Å²) in [5.41, 5.74) is 1.82. The van der Waals surface area contributed by atoms with Gasteiger partial charge in [-0.15, -0.1) is 6.58 Å². The molecule has 2 saturated carbocycles. The molecule has 0 bridgehead atoms. The van der Waals surface area contributed by atoms with Crippen LogP contribution in [-0.2, 0) is 9.47 Å². The predicted molar refractivity (Wildman–Crippen MR) is 111 cm³/mol. The van der Waals surface area contributed by atoms with Gasteiger partial charge < -0.3 is 9.47 Å². The minimum absolute atomic E-state index is 0.0565. The van der Waals surface area contributed by atoms with E-state index in [4.69, 9.17) is 9.47 Å². The molecule has 4 heteroatoms. The van der Waals surface area contributed by atoms with Gasteiger partial charge in [-0.1, -0.05) is 18.2 Å². The van der Waals surface area contributed by atoms with E-state index in [9.17, 15) is 8.78 Å². The molecule has 2 aliphatic carbocycles. The molecule has 1 heterocycles. The molecule has 4 rings (SSSR count). The van der Waals surface area contributed by atoms with Crippen LogP contribution in [0.25, 0.3) is 0 Å². The van der Waals surface area contributed by atoms with Gasteiger partial charge in [0.05, 0.1) is 19.9 Å². The number of rotatable bonds is 5. The number of hydrogen-bond acceptors (Lipinski definition) is 2. The fraction of sp³-hybridized carbons (Fsp3) is 0.680. The Bertz CT molecular complexity index is 667. The summed E-state index contributed by atoms with van der Waals surface area (Å²) in [6.45, 7) is 4.68. The largest absolute Gasteiger partial charge is 0.352 e. The second-order valence-corrected chi connectivity index (χ2v) is 9.30. The zero-order chi connectivity index (χ0) is 20.2. The third-order valence-electron chi connectivity index (χ3n) is 7.46. The van der Waals surface area contributed by atoms with Crippen LogP contribution >= 0.6 is 0 Å². The lowest BCUT2D eigenvalue weighted by Gasteiger charge is -2.37. The molecular weight excluding hydrogens is 370 g/mol. The number of allylic oxidation sites excluding steroid dienone is 1. The van der Waals surface area contributed by atoms with Crippen LogP contribution < -0.4 is 0 Å². The second kappa shape index (κ2) is 9.70. The lowest BCUT2D eigenvalue weighted by Crippen LogP contribution is -2.38. The van der Waals surface area contributed by atoms with Gasteiger partial charge in [-0.25, -0.2) is 4.39 Å². The summed E-state index contributed by atoms with van der Waals surface area (Å²) in [7, 11) is 0. The quantitative estimate of drug-likeness (QED) is 0.520. The molecule has 0 N–H and O–H groups in total. The van der Waals surface area contributed by atoms with Crippen LogP contribution in [-0.4, -0.2) is 26.2 Å². The van der Waals surface area contributed by atoms with Crippen molar-refractivity contribution in [1.82, 2.24) is 0 Å². The average molecular weight is 405 g/mol. The Morgan fingerprint density at radius 2 is 1.62 bits per heavy atom. The third kappa shape index (κ3) is 4.91. The molecule has 160 valence electrons. The molecule has 3 aliphatic rings. The van der Waals surface area contributed by atoms with Crippen molar-refractivity contribution in [3.05, 3.63) is 47.8 Å². The average Bonchev–Trinajstić information content (AvgIpc) is 2.79. The summed E-state index contributed by atoms with van der Waals surface area (Å²) in [5.74, 6) is 1.44. The molecule has 29 heavy (non-hydrogen) atoms. The topological polar surface area (TPSA) is 18.5 Å². The third-order valence-corrected chi connectivity index (χ3v) is 7.46. The molecule has 3 fully saturated rings. The van der Waals surface area contributed by atoms with Crippen molar-refractivity contribution in [3.63, 3.8) is 0 Å². The molecule has 0 radical (unpaired) electrons. The Labute approximate surface area is 173 Å². The van der Waals surface area contributed by atoms with Gasteiger partial charge in [-0.2, -0.15) is 0 Å². The van der Waals surface area contributed by atoms with Crippen LogP contribution in [0.4, 0.5) is 8.78 Å². The molecule has 0 amide bonds. The summed E-state index contributed by atoms with van der Waals surface area (Å²) in [5, 5.41) is 0. The van der Waals surface area contributed by atoms with Crippen LogP contribution in [0.5, 0.6) is 0 Å². The Balaban J connectivity index is 1.31. The van der Waals surface area contributed by atoms with Gasteiger partial charge in [0.2, 0.25) is 0 Å². The molecule has 1 saturated heterocycles. The summed E-state index contributed by atoms with van der Waals surface area (Å²) in [6.07, 6.45) is 10.1. The van der Waals surface area contributed by atoms with Crippen LogP contribution in [0.15, 0.2) is 30.9 Å². The smallest absolute Gasteiger partial charge is 0.160 e. The van der Waals surface area contributed by atoms with Crippen molar-refractivity contribution >= 4 is 0 Å². The van der Waals surface area contributed by atoms with Crippen molar-refractivity contribution in [2.45, 2.75) is 69.5 Å². The number of halogens is 2. The number of hydrogen-bond donors (Lipinski definition) is 0. The van der Waals surface area contributed by atoms with E-state index in [2.05, 4.69) is 18.7 Å². The minimum Gasteiger partial charge on any atom is -0.352 e. The van der Waals surface area contributed by atoms with Gasteiger partial charge in [0.1, 0.15) is 5.82 Å². The van der Waals surface area contributed by atoms with E-state index < -0.39 is 0 Å². The zero-order valence-corrected chi connectivity index (χ0v) is 17.3. The Morgan fingerprint density at radius 1 is 0.931 bits per heavy atom. The maximum atomic E-state index is 14.9. The van der Waals surface area contributed by atoms with Crippen LogP contribution in [0, 0.1) is 23.6 Å². The summed E-state index contributed by atoms with van der Waals surface area (Å²) >= 11 is 0. The molecule has 1 aliphatic heterocycles. The Hall–Kier alpha value is -1.26. The molecule has 0 unspecified atom stereocenters. The van der Waals surface area contributed by atoms with Gasteiger partial charge >= 0.3 is 0 Å². The summed E-state index contributed by atoms with van der Waals surface area (Å²) in [4.78, 5) is 0. The summed E-state index contributed by atoms with van der Waals surface area (Å²) in [6, 6.07) is 5.77. The van der Waals surface area contributed by atoms with Crippen LogP contribution in [0.1, 0.15) is 74.3 Å². The first-order valence-electron chi connectivity index (χ1n) is 11.4. The number of benzene rings is 1. The van der Waals surface area contributed by atoms with E-state index in [1.807, 2.05) is 6.07 Å². The Kier molecular flexibility index (Phi) is 7.02. The van der Waals surface area contributed by atoms with E-state index in [-0.39, 0.29) is 30.6 Å². The lowest BCUT2D eigenvalue weighted by atomic mass is 9.78. The van der Waals surface area contributed by atoms with Gasteiger partial charge in [-0.3, -0.25) is 4.39 Å². The first-order valence-corrected chi connectivity index (χ1v) is 11.4. The fourth-order valence-corrected chi connectivity index (χ4v) is 5.40. The zero-order valence-electron chi connectivity index (χ0n) is 17.3. The van der Waals surface area contributed by atoms with Crippen LogP contribution in [0.3, 0.4) is 0 Å². The van der Waals surface area contributed by atoms with Crippen molar-refractivity contribution in [3.8, 4) is 0 Å². The van der Waals surface area contributed by atoms with E-state index in [0.717, 1.165) is 56.9 Å². The van der Waals surface area contributed by atoms with Gasteiger partial charge in [0.15, 0.2) is 6.29 Å². The molecule has 0 spiro atoms. The molecule has 1 aromatic rings. The van der Waals surface area contributed by atoms with E-state index in [1.54, 1.807) is 6.07 Å². The molecule has 1 aromatic carbocycles. The number of ether oxygens (including phenoxy) is 2. The highest BCUT2D eigenvalue weighted by molar-refractivity contribution is 5.30. The highest BCUT2D eigenvalue weighted by atomic mass is 19.1. The molecule has 0 aromatic heterocycles. The van der Waals surface area contributed by atoms with Crippen molar-refractivity contribution in [2.75, 3.05) is 19.9 Å². The van der Waals surface area contributed by atoms with Gasteiger partial charge in [-0.05, 0) is 86.3 Å². The number of alkyl halides is 1. The second-order valence-electron chi connectivity index (χ2n) is 9.30. The van der Waals surface area contributed by atoms with E-state index in [0.29, 0.717) is 36.5 Å². The summed E-state index contributed by atoms with van der Waals surface area (Å²) < 4.78 is 39.7. The highest BCUT2D eigenvalue weighted by Gasteiger charge is 2.33. The van der Waals surface area contributed by atoms with E-state index >= 15 is 0 Å². The Morgan fingerprint density at radius 3 is 2.21 bits per heavy atom. The van der Waals surface area contributed by atoms with Gasteiger partial charge in [0.25, 0.3) is 0 Å². The maximum Gasteiger partial charge on any atom is 0.160 e. The van der Waals surface area contributed by atoms with Gasteiger partial charge in [0, 0.05) is 11.8 Å². The first kappa shape index (κ1) is 21.0. The standard InChI is InChI=1S/C25H34F2O2/c1-2-17-3-7-19(8-4-17)21-11-12-23(24(27)13-21)22-15-28-25(29-16-22)20-9-5-18(14-26)6-10-20/h2,11-13,17-20,22,25H,1,3-10,14-16H2. The monoisotopic (exact) mass is 404 g/mol. The van der Waals surface area contributed by atoms with Crippen molar-refractivity contribution < 1.29 is 18.3 Å². The highest BCUT2D eigenvalue weighted by Crippen LogP contribution is 2.38.